The molecule has 0 spiro atoms. The molecule has 0 unspecified atom stereocenters. The normalized spacial score (nSPS) is 11.4. The van der Waals surface area contributed by atoms with E-state index in [2.05, 4.69) is 15.8 Å². The quantitative estimate of drug-likeness (QED) is 0.153. The lowest BCUT2D eigenvalue weighted by Gasteiger charge is -2.04. The van der Waals surface area contributed by atoms with E-state index >= 15 is 0 Å². The minimum absolute atomic E-state index is 0.0476. The maximum atomic E-state index is 13.7. The lowest BCUT2D eigenvalue weighted by atomic mass is 10.1. The van der Waals surface area contributed by atoms with Gasteiger partial charge in [0.05, 0.1) is 35.9 Å². The van der Waals surface area contributed by atoms with Crippen molar-refractivity contribution in [1.82, 2.24) is 24.7 Å². The minimum atomic E-state index is -0.494. The predicted octanol–water partition coefficient (Wildman–Crippen LogP) is 8.85. The third-order valence-electron chi connectivity index (χ3n) is 8.47. The number of hydrogen-bond donors (Lipinski definition) is 2. The van der Waals surface area contributed by atoms with Crippen molar-refractivity contribution in [3.05, 3.63) is 148 Å². The maximum absolute atomic E-state index is 13.7. The molecule has 4 heterocycles. The fourth-order valence-corrected chi connectivity index (χ4v) is 6.19. The van der Waals surface area contributed by atoms with Crippen LogP contribution in [0.3, 0.4) is 0 Å². The minimum Gasteiger partial charge on any atom is -0.461 e. The lowest BCUT2D eigenvalue weighted by molar-refractivity contribution is 0.0986. The monoisotopic (exact) mass is 715 g/mol. The van der Waals surface area contributed by atoms with E-state index in [0.717, 1.165) is 27.5 Å². The van der Waals surface area contributed by atoms with Gasteiger partial charge in [0.15, 0.2) is 11.6 Å². The van der Waals surface area contributed by atoms with Crippen molar-refractivity contribution >= 4 is 68.5 Å². The van der Waals surface area contributed by atoms with E-state index in [1.54, 1.807) is 17.7 Å². The zero-order chi connectivity index (χ0) is 35.1. The number of amides is 2. The first-order chi connectivity index (χ1) is 24.8. The fraction of sp³-hybridized carbons (Fsp3) is 0.0789. The number of fused-ring (bicyclic) bond motifs is 2. The van der Waals surface area contributed by atoms with Gasteiger partial charge in [-0.1, -0.05) is 64.8 Å². The molecule has 4 aromatic carbocycles. The van der Waals surface area contributed by atoms with Crippen LogP contribution in [0.15, 0.2) is 118 Å². The van der Waals surface area contributed by atoms with Crippen molar-refractivity contribution in [2.45, 2.75) is 20.0 Å². The molecule has 0 bridgehead atoms. The number of furan rings is 1. The summed E-state index contributed by atoms with van der Waals surface area (Å²) in [5, 5.41) is 21.7. The second-order valence-electron chi connectivity index (χ2n) is 11.9. The molecule has 13 heteroatoms. The number of nitrogens with zero attached hydrogens (tertiary/aromatic N) is 5. The van der Waals surface area contributed by atoms with Crippen LogP contribution >= 0.6 is 23.2 Å². The molecule has 2 N–H and O–H groups in total. The Morgan fingerprint density at radius 1 is 0.706 bits per heavy atom. The number of para-hydroxylation sites is 1. The summed E-state index contributed by atoms with van der Waals surface area (Å²) in [5.41, 5.74) is 4.68. The molecule has 2 amide bonds. The van der Waals surface area contributed by atoms with Gasteiger partial charge >= 0.3 is 0 Å². The topological polar surface area (TPSA) is 133 Å². The van der Waals surface area contributed by atoms with E-state index in [0.29, 0.717) is 62.8 Å². The molecule has 252 valence electrons. The summed E-state index contributed by atoms with van der Waals surface area (Å²) in [5.74, 6) is 0.859. The number of carbonyl (C=O) groups is 2. The van der Waals surface area contributed by atoms with Gasteiger partial charge in [-0.25, -0.2) is 0 Å². The molecule has 0 radical (unpaired) electrons. The molecule has 0 saturated carbocycles. The molecule has 0 aliphatic heterocycles. The molecule has 8 aromatic rings. The number of anilines is 2. The molecule has 8 rings (SSSR count). The van der Waals surface area contributed by atoms with Crippen molar-refractivity contribution in [1.29, 1.82) is 0 Å². The number of benzene rings is 4. The van der Waals surface area contributed by atoms with Gasteiger partial charge in [-0.3, -0.25) is 19.0 Å². The third-order valence-corrected chi connectivity index (χ3v) is 8.98. The number of nitrogens with one attached hydrogen (secondary N) is 2. The molecule has 4 aromatic heterocycles. The highest BCUT2D eigenvalue weighted by molar-refractivity contribution is 6.30. The van der Waals surface area contributed by atoms with Crippen LogP contribution in [0.2, 0.25) is 10.0 Å². The Kier molecular flexibility index (Phi) is 8.34. The zero-order valence-electron chi connectivity index (χ0n) is 26.9. The molecule has 0 saturated heterocycles. The molecule has 0 aliphatic carbocycles. The van der Waals surface area contributed by atoms with E-state index in [9.17, 15) is 9.59 Å². The van der Waals surface area contributed by atoms with Gasteiger partial charge < -0.3 is 19.6 Å². The Labute approximate surface area is 300 Å². The van der Waals surface area contributed by atoms with Crippen molar-refractivity contribution in [3.8, 4) is 11.3 Å². The van der Waals surface area contributed by atoms with Crippen molar-refractivity contribution < 1.29 is 18.5 Å². The standard InChI is InChI=1S/C38H27Cl2N7O4/c1-22-29(37(48)42-35-28-4-2-3-5-31(28)46(44-35)20-23-6-11-26(39)12-7-23)19-34(50-22)25-10-15-32-30(18-25)36(43-38(49)33-16-17-41-51-33)45-47(32)21-24-8-13-27(40)14-9-24/h2-19H,20-21H2,1H3,(H,42,44,48)(H,43,45,49). The van der Waals surface area contributed by atoms with Gasteiger partial charge in [0.25, 0.3) is 11.8 Å². The largest absolute Gasteiger partial charge is 0.461 e. The van der Waals surface area contributed by atoms with Gasteiger partial charge in [0, 0.05) is 32.4 Å². The Balaban J connectivity index is 1.10. The van der Waals surface area contributed by atoms with Crippen LogP contribution in [0.4, 0.5) is 11.6 Å². The number of carbonyl (C=O) groups excluding carboxylic acids is 2. The smallest absolute Gasteiger partial charge is 0.295 e. The molecule has 0 atom stereocenters. The predicted molar refractivity (Wildman–Crippen MR) is 195 cm³/mol. The highest BCUT2D eigenvalue weighted by Crippen LogP contribution is 2.33. The van der Waals surface area contributed by atoms with E-state index in [1.807, 2.05) is 95.7 Å². The second-order valence-corrected chi connectivity index (χ2v) is 12.8. The van der Waals surface area contributed by atoms with Crippen LogP contribution in [0.25, 0.3) is 33.1 Å². The van der Waals surface area contributed by atoms with E-state index < -0.39 is 5.91 Å². The second kappa shape index (κ2) is 13.3. The average molecular weight is 717 g/mol. The summed E-state index contributed by atoms with van der Waals surface area (Å²) in [7, 11) is 0. The highest BCUT2D eigenvalue weighted by atomic mass is 35.5. The van der Waals surface area contributed by atoms with Crippen LogP contribution in [0, 0.1) is 6.92 Å². The lowest BCUT2D eigenvalue weighted by Crippen LogP contribution is -2.13. The van der Waals surface area contributed by atoms with Crippen LogP contribution in [-0.4, -0.2) is 36.5 Å². The molecule has 11 nitrogen and oxygen atoms in total. The van der Waals surface area contributed by atoms with E-state index in [1.165, 1.54) is 12.3 Å². The first kappa shape index (κ1) is 32.1. The van der Waals surface area contributed by atoms with Crippen LogP contribution < -0.4 is 10.6 Å². The molecular formula is C38H27Cl2N7O4. The van der Waals surface area contributed by atoms with Gasteiger partial charge in [0.1, 0.15) is 11.5 Å². The Hall–Kier alpha value is -6.17. The molecular weight excluding hydrogens is 689 g/mol. The van der Waals surface area contributed by atoms with E-state index in [-0.39, 0.29) is 11.7 Å². The van der Waals surface area contributed by atoms with Gasteiger partial charge in [-0.2, -0.15) is 10.2 Å². The number of aryl methyl sites for hydroxylation is 1. The highest BCUT2D eigenvalue weighted by Gasteiger charge is 2.22. The molecule has 0 aliphatic rings. The average Bonchev–Trinajstić information content (AvgIpc) is 3.94. The summed E-state index contributed by atoms with van der Waals surface area (Å²) < 4.78 is 14.8. The number of rotatable bonds is 9. The Bertz CT molecular complexity index is 2550. The summed E-state index contributed by atoms with van der Waals surface area (Å²) in [6, 6.07) is 31.6. The third kappa shape index (κ3) is 6.48. The molecule has 51 heavy (non-hydrogen) atoms. The number of halogens is 2. The van der Waals surface area contributed by atoms with Gasteiger partial charge in [-0.15, -0.1) is 0 Å². The van der Waals surface area contributed by atoms with Crippen molar-refractivity contribution in [2.24, 2.45) is 0 Å². The fourth-order valence-electron chi connectivity index (χ4n) is 5.94. The Morgan fingerprint density at radius 3 is 1.96 bits per heavy atom. The molecule has 0 fully saturated rings. The summed E-state index contributed by atoms with van der Waals surface area (Å²) in [6.07, 6.45) is 1.40. The van der Waals surface area contributed by atoms with Crippen molar-refractivity contribution in [2.75, 3.05) is 10.6 Å². The number of aromatic nitrogens is 5. The zero-order valence-corrected chi connectivity index (χ0v) is 28.4. The SMILES string of the molecule is Cc1oc(-c2ccc3c(c2)c(NC(=O)c2ccno2)nn3Cc2ccc(Cl)cc2)cc1C(=O)Nc1nn(Cc2ccc(Cl)cc2)c2ccccc12. The maximum Gasteiger partial charge on any atom is 0.295 e. The first-order valence-electron chi connectivity index (χ1n) is 15.9. The summed E-state index contributed by atoms with van der Waals surface area (Å²) in [4.78, 5) is 26.7. The summed E-state index contributed by atoms with van der Waals surface area (Å²) in [6.45, 7) is 2.67. The van der Waals surface area contributed by atoms with Gasteiger partial charge in [-0.05, 0) is 78.7 Å². The summed E-state index contributed by atoms with van der Waals surface area (Å²) >= 11 is 12.2. The van der Waals surface area contributed by atoms with Gasteiger partial charge in [0.2, 0.25) is 5.76 Å². The Morgan fingerprint density at radius 2 is 1.31 bits per heavy atom. The van der Waals surface area contributed by atoms with Crippen LogP contribution in [-0.2, 0) is 13.1 Å². The van der Waals surface area contributed by atoms with Crippen molar-refractivity contribution in [3.63, 3.8) is 0 Å². The van der Waals surface area contributed by atoms with Crippen LogP contribution in [0.5, 0.6) is 0 Å². The first-order valence-corrected chi connectivity index (χ1v) is 16.6. The number of hydrogen-bond acceptors (Lipinski definition) is 7. The van der Waals surface area contributed by atoms with Crippen LogP contribution in [0.1, 0.15) is 37.8 Å². The van der Waals surface area contributed by atoms with E-state index in [4.69, 9.17) is 42.3 Å².